The molecule has 0 aliphatic carbocycles. The number of likely N-dealkylation sites (tertiary alicyclic amines) is 1. The van der Waals surface area contributed by atoms with E-state index in [0.717, 1.165) is 24.9 Å². The molecule has 31 heavy (non-hydrogen) atoms. The van der Waals surface area contributed by atoms with Gasteiger partial charge in [-0.05, 0) is 61.3 Å². The smallest absolute Gasteiger partial charge is 0.241 e. The number of aromatic nitrogens is 2. The highest BCUT2D eigenvalue weighted by Crippen LogP contribution is 2.23. The van der Waals surface area contributed by atoms with Crippen molar-refractivity contribution in [1.29, 1.82) is 0 Å². The van der Waals surface area contributed by atoms with Crippen LogP contribution in [0.5, 0.6) is 0 Å². The number of hydrogen-bond acceptors (Lipinski definition) is 5. The molecule has 2 heterocycles. The molecule has 4 rings (SSSR count). The lowest BCUT2D eigenvalue weighted by molar-refractivity contribution is -0.127. The summed E-state index contributed by atoms with van der Waals surface area (Å²) in [4.78, 5) is 19.2. The Kier molecular flexibility index (Phi) is 6.85. The van der Waals surface area contributed by atoms with E-state index >= 15 is 0 Å². The van der Waals surface area contributed by atoms with Gasteiger partial charge in [0, 0.05) is 28.7 Å². The van der Waals surface area contributed by atoms with E-state index in [-0.39, 0.29) is 17.6 Å². The number of carbonyl (C=O) groups is 1. The Bertz CT molecular complexity index is 1060. The van der Waals surface area contributed by atoms with E-state index in [9.17, 15) is 9.18 Å². The standard InChI is InChI=1S/C22H21Cl2FN4O2/c23-17-6-3-15(19(24)10-17)11-26-22(30)16-2-1-9-29(12-16)13-20-27-21(28-31-20)14-4-7-18(25)8-5-14/h3-8,10,16H,1-2,9,11-13H2,(H,26,30). The van der Waals surface area contributed by atoms with Gasteiger partial charge in [-0.15, -0.1) is 0 Å². The molecule has 1 unspecified atom stereocenters. The van der Waals surface area contributed by atoms with Crippen molar-refractivity contribution < 1.29 is 13.7 Å². The highest BCUT2D eigenvalue weighted by Gasteiger charge is 2.27. The number of hydrogen-bond donors (Lipinski definition) is 1. The minimum Gasteiger partial charge on any atom is -0.352 e. The van der Waals surface area contributed by atoms with Crippen molar-refractivity contribution >= 4 is 29.1 Å². The summed E-state index contributed by atoms with van der Waals surface area (Å²) in [6.07, 6.45) is 1.72. The molecule has 1 aromatic heterocycles. The lowest BCUT2D eigenvalue weighted by Crippen LogP contribution is -2.42. The second kappa shape index (κ2) is 9.77. The fourth-order valence-corrected chi connectivity index (χ4v) is 4.11. The first-order chi connectivity index (χ1) is 15.0. The van der Waals surface area contributed by atoms with E-state index in [0.29, 0.717) is 47.0 Å². The minimum absolute atomic E-state index is 0.00625. The maximum Gasteiger partial charge on any atom is 0.241 e. The minimum atomic E-state index is -0.316. The van der Waals surface area contributed by atoms with Gasteiger partial charge in [0.25, 0.3) is 0 Å². The van der Waals surface area contributed by atoms with Crippen LogP contribution in [0.3, 0.4) is 0 Å². The van der Waals surface area contributed by atoms with Gasteiger partial charge in [-0.25, -0.2) is 4.39 Å². The third-order valence-electron chi connectivity index (χ3n) is 5.27. The van der Waals surface area contributed by atoms with Crippen molar-refractivity contribution in [2.45, 2.75) is 25.9 Å². The number of nitrogens with one attached hydrogen (secondary N) is 1. The van der Waals surface area contributed by atoms with Crippen LogP contribution in [0.4, 0.5) is 4.39 Å². The zero-order valence-electron chi connectivity index (χ0n) is 16.7. The molecule has 1 N–H and O–H groups in total. The van der Waals surface area contributed by atoms with Gasteiger partial charge >= 0.3 is 0 Å². The Morgan fingerprint density at radius 2 is 2.03 bits per heavy atom. The van der Waals surface area contributed by atoms with Gasteiger partial charge in [0.1, 0.15) is 5.82 Å². The first-order valence-electron chi connectivity index (χ1n) is 10.0. The van der Waals surface area contributed by atoms with Crippen LogP contribution in [-0.2, 0) is 17.9 Å². The SMILES string of the molecule is O=C(NCc1ccc(Cl)cc1Cl)C1CCCN(Cc2nc(-c3ccc(F)cc3)no2)C1. The Morgan fingerprint density at radius 3 is 2.81 bits per heavy atom. The van der Waals surface area contributed by atoms with E-state index in [1.54, 1.807) is 24.3 Å². The average Bonchev–Trinajstić information content (AvgIpc) is 3.22. The lowest BCUT2D eigenvalue weighted by Gasteiger charge is -2.30. The summed E-state index contributed by atoms with van der Waals surface area (Å²) < 4.78 is 18.4. The van der Waals surface area contributed by atoms with E-state index in [1.807, 2.05) is 6.07 Å². The summed E-state index contributed by atoms with van der Waals surface area (Å²) in [5.41, 5.74) is 1.51. The topological polar surface area (TPSA) is 71.3 Å². The van der Waals surface area contributed by atoms with Crippen molar-refractivity contribution in [1.82, 2.24) is 20.4 Å². The molecule has 0 spiro atoms. The van der Waals surface area contributed by atoms with Gasteiger partial charge in [0.15, 0.2) is 0 Å². The second-order valence-corrected chi connectivity index (χ2v) is 8.39. The quantitative estimate of drug-likeness (QED) is 0.574. The van der Waals surface area contributed by atoms with Gasteiger partial charge in [0.05, 0.1) is 12.5 Å². The summed E-state index contributed by atoms with van der Waals surface area (Å²) in [5, 5.41) is 8.04. The summed E-state index contributed by atoms with van der Waals surface area (Å²) in [5.74, 6) is 0.436. The summed E-state index contributed by atoms with van der Waals surface area (Å²) >= 11 is 12.1. The van der Waals surface area contributed by atoms with Crippen LogP contribution < -0.4 is 5.32 Å². The predicted molar refractivity (Wildman–Crippen MR) is 116 cm³/mol. The second-order valence-electron chi connectivity index (χ2n) is 7.55. The van der Waals surface area contributed by atoms with E-state index in [2.05, 4.69) is 20.4 Å². The molecule has 1 saturated heterocycles. The van der Waals surface area contributed by atoms with Crippen molar-refractivity contribution in [3.8, 4) is 11.4 Å². The van der Waals surface area contributed by atoms with Crippen LogP contribution >= 0.6 is 23.2 Å². The molecule has 0 radical (unpaired) electrons. The fraction of sp³-hybridized carbons (Fsp3) is 0.318. The molecule has 162 valence electrons. The third kappa shape index (κ3) is 5.61. The Morgan fingerprint density at radius 1 is 1.23 bits per heavy atom. The van der Waals surface area contributed by atoms with Crippen LogP contribution in [0.2, 0.25) is 10.0 Å². The maximum absolute atomic E-state index is 13.1. The molecule has 0 saturated carbocycles. The first-order valence-corrected chi connectivity index (χ1v) is 10.8. The number of rotatable bonds is 6. The van der Waals surface area contributed by atoms with Crippen LogP contribution in [-0.4, -0.2) is 34.0 Å². The number of halogens is 3. The summed E-state index contributed by atoms with van der Waals surface area (Å²) in [6, 6.07) is 11.2. The molecule has 1 aliphatic rings. The fourth-order valence-electron chi connectivity index (χ4n) is 3.63. The van der Waals surface area contributed by atoms with E-state index < -0.39 is 0 Å². The summed E-state index contributed by atoms with van der Waals surface area (Å²) in [6.45, 7) is 2.27. The first kappa shape index (κ1) is 21.7. The van der Waals surface area contributed by atoms with Crippen LogP contribution in [0.25, 0.3) is 11.4 Å². The summed E-state index contributed by atoms with van der Waals surface area (Å²) in [7, 11) is 0. The van der Waals surface area contributed by atoms with Crippen molar-refractivity contribution in [2.75, 3.05) is 13.1 Å². The van der Waals surface area contributed by atoms with E-state index in [1.165, 1.54) is 12.1 Å². The normalized spacial score (nSPS) is 16.9. The van der Waals surface area contributed by atoms with Crippen LogP contribution in [0.1, 0.15) is 24.3 Å². The van der Waals surface area contributed by atoms with E-state index in [4.69, 9.17) is 27.7 Å². The molecule has 2 aromatic carbocycles. The molecule has 1 amide bonds. The third-order valence-corrected chi connectivity index (χ3v) is 5.86. The molecule has 1 fully saturated rings. The monoisotopic (exact) mass is 462 g/mol. The number of carbonyl (C=O) groups excluding carboxylic acids is 1. The molecule has 0 bridgehead atoms. The van der Waals surface area contributed by atoms with Crippen molar-refractivity contribution in [2.24, 2.45) is 5.92 Å². The Labute approximate surface area is 189 Å². The number of benzene rings is 2. The highest BCUT2D eigenvalue weighted by molar-refractivity contribution is 6.35. The van der Waals surface area contributed by atoms with Gasteiger partial charge < -0.3 is 9.84 Å². The van der Waals surface area contributed by atoms with Crippen molar-refractivity contribution in [3.63, 3.8) is 0 Å². The average molecular weight is 463 g/mol. The van der Waals surface area contributed by atoms with Gasteiger partial charge in [-0.3, -0.25) is 9.69 Å². The lowest BCUT2D eigenvalue weighted by atomic mass is 9.97. The maximum atomic E-state index is 13.1. The molecule has 9 heteroatoms. The van der Waals surface area contributed by atoms with Crippen molar-refractivity contribution in [3.05, 3.63) is 69.8 Å². The Hall–Kier alpha value is -2.48. The number of piperidine rings is 1. The van der Waals surface area contributed by atoms with Gasteiger partial charge in [-0.1, -0.05) is 34.4 Å². The zero-order chi connectivity index (χ0) is 21.8. The Balaban J connectivity index is 1.32. The van der Waals surface area contributed by atoms with Gasteiger partial charge in [-0.2, -0.15) is 4.98 Å². The molecule has 1 aliphatic heterocycles. The zero-order valence-corrected chi connectivity index (χ0v) is 18.2. The number of nitrogens with zero attached hydrogens (tertiary/aromatic N) is 3. The van der Waals surface area contributed by atoms with Crippen LogP contribution in [0.15, 0.2) is 47.0 Å². The largest absolute Gasteiger partial charge is 0.352 e. The van der Waals surface area contributed by atoms with Crippen LogP contribution in [0, 0.1) is 11.7 Å². The molecule has 3 aromatic rings. The van der Waals surface area contributed by atoms with Gasteiger partial charge in [0.2, 0.25) is 17.6 Å². The molecular formula is C22H21Cl2FN4O2. The molecular weight excluding hydrogens is 442 g/mol. The predicted octanol–water partition coefficient (Wildman–Crippen LogP) is 4.71. The number of amides is 1. The molecule has 6 nitrogen and oxygen atoms in total. The molecule has 1 atom stereocenters. The highest BCUT2D eigenvalue weighted by atomic mass is 35.5.